The highest BCUT2D eigenvalue weighted by Gasteiger charge is 2.41. The van der Waals surface area contributed by atoms with Crippen molar-refractivity contribution in [3.05, 3.63) is 98.6 Å². The molecule has 0 aliphatic carbocycles. The number of anilines is 2. The van der Waals surface area contributed by atoms with Crippen molar-refractivity contribution < 1.29 is 19.3 Å². The van der Waals surface area contributed by atoms with Gasteiger partial charge in [0.25, 0.3) is 23.4 Å². The van der Waals surface area contributed by atoms with E-state index in [0.29, 0.717) is 0 Å². The number of hydrogen-bond donors (Lipinski definition) is 1. The van der Waals surface area contributed by atoms with Crippen LogP contribution in [0, 0.1) is 10.1 Å². The smallest absolute Gasteiger partial charge is 0.283 e. The molecule has 0 atom stereocenters. The number of hydrogen-bond acceptors (Lipinski definition) is 5. The first-order valence-electron chi connectivity index (χ1n) is 10.6. The molecule has 0 radical (unpaired) electrons. The molecule has 0 spiro atoms. The van der Waals surface area contributed by atoms with E-state index in [2.05, 4.69) is 5.32 Å². The van der Waals surface area contributed by atoms with Gasteiger partial charge in [0.1, 0.15) is 5.56 Å². The number of nitro groups is 1. The number of nitro benzene ring substituents is 1. The lowest BCUT2D eigenvalue weighted by molar-refractivity contribution is -0.385. The number of amides is 3. The summed E-state index contributed by atoms with van der Waals surface area (Å²) in [5.74, 6) is -1.83. The van der Waals surface area contributed by atoms with Gasteiger partial charge in [0.15, 0.2) is 0 Å². The van der Waals surface area contributed by atoms with Crippen LogP contribution in [-0.4, -0.2) is 22.6 Å². The van der Waals surface area contributed by atoms with Gasteiger partial charge in [0.2, 0.25) is 0 Å². The van der Waals surface area contributed by atoms with Gasteiger partial charge in [-0.15, -0.1) is 0 Å². The molecule has 0 aromatic heterocycles. The largest absolute Gasteiger partial charge is 0.321 e. The highest BCUT2D eigenvalue weighted by molar-refractivity contribution is 6.35. The van der Waals surface area contributed by atoms with Crippen LogP contribution in [0.4, 0.5) is 17.1 Å². The van der Waals surface area contributed by atoms with Gasteiger partial charge >= 0.3 is 0 Å². The molecule has 33 heavy (non-hydrogen) atoms. The van der Waals surface area contributed by atoms with Gasteiger partial charge in [-0.1, -0.05) is 44.2 Å². The third-order valence-electron chi connectivity index (χ3n) is 5.69. The molecule has 3 aromatic carbocycles. The number of aryl methyl sites for hydroxylation is 2. The zero-order valence-corrected chi connectivity index (χ0v) is 18.1. The fourth-order valence-corrected chi connectivity index (χ4v) is 4.03. The Morgan fingerprint density at radius 1 is 0.939 bits per heavy atom. The molecule has 1 aliphatic rings. The van der Waals surface area contributed by atoms with E-state index in [9.17, 15) is 24.5 Å². The molecule has 8 nitrogen and oxygen atoms in total. The Labute approximate surface area is 190 Å². The van der Waals surface area contributed by atoms with Crippen LogP contribution in [0.5, 0.6) is 0 Å². The Bertz CT molecular complexity index is 1290. The van der Waals surface area contributed by atoms with E-state index in [1.54, 1.807) is 12.1 Å². The zero-order valence-electron chi connectivity index (χ0n) is 18.1. The number of carbonyl (C=O) groups excluding carboxylic acids is 3. The van der Waals surface area contributed by atoms with E-state index >= 15 is 0 Å². The number of fused-ring (bicyclic) bond motifs is 1. The standard InChI is InChI=1S/C25H21N3O5/c1-3-15-8-5-9-16(4-2)22(15)26-23(29)17-10-6-11-18(14-17)27-24(30)19-12-7-13-20(28(32)33)21(19)25(27)31/h5-14H,3-4H2,1-2H3,(H,26,29). The fraction of sp³-hybridized carbons (Fsp3) is 0.160. The van der Waals surface area contributed by atoms with Gasteiger partial charge in [-0.05, 0) is 48.2 Å². The minimum absolute atomic E-state index is 0.0338. The predicted octanol–water partition coefficient (Wildman–Crippen LogP) is 4.77. The molecule has 3 aromatic rings. The van der Waals surface area contributed by atoms with E-state index in [4.69, 9.17) is 0 Å². The molecule has 0 saturated heterocycles. The fourth-order valence-electron chi connectivity index (χ4n) is 4.03. The van der Waals surface area contributed by atoms with Crippen LogP contribution in [0.15, 0.2) is 60.7 Å². The third-order valence-corrected chi connectivity index (χ3v) is 5.69. The molecule has 1 heterocycles. The summed E-state index contributed by atoms with van der Waals surface area (Å²) in [7, 11) is 0. The van der Waals surface area contributed by atoms with Crippen LogP contribution in [0.3, 0.4) is 0 Å². The summed E-state index contributed by atoms with van der Waals surface area (Å²) in [5, 5.41) is 14.3. The lowest BCUT2D eigenvalue weighted by Crippen LogP contribution is -2.29. The summed E-state index contributed by atoms with van der Waals surface area (Å²) in [4.78, 5) is 50.5. The minimum Gasteiger partial charge on any atom is -0.321 e. The molecule has 1 N–H and O–H groups in total. The van der Waals surface area contributed by atoms with E-state index in [-0.39, 0.29) is 28.3 Å². The molecular formula is C25H21N3O5. The van der Waals surface area contributed by atoms with E-state index in [1.165, 1.54) is 30.3 Å². The first-order chi connectivity index (χ1) is 15.9. The number of nitrogens with one attached hydrogen (secondary N) is 1. The van der Waals surface area contributed by atoms with Crippen LogP contribution in [0.2, 0.25) is 0 Å². The molecule has 1 aliphatic heterocycles. The van der Waals surface area contributed by atoms with E-state index in [0.717, 1.165) is 34.6 Å². The van der Waals surface area contributed by atoms with Crippen LogP contribution in [0.1, 0.15) is 56.0 Å². The van der Waals surface area contributed by atoms with Crippen molar-refractivity contribution >= 4 is 34.8 Å². The Kier molecular flexibility index (Phi) is 5.74. The van der Waals surface area contributed by atoms with Crippen molar-refractivity contribution in [1.29, 1.82) is 0 Å². The average molecular weight is 443 g/mol. The second kappa shape index (κ2) is 8.66. The molecule has 166 valence electrons. The van der Waals surface area contributed by atoms with Gasteiger partial charge in [-0.25, -0.2) is 4.90 Å². The quantitative estimate of drug-likeness (QED) is 0.335. The van der Waals surface area contributed by atoms with Crippen LogP contribution < -0.4 is 10.2 Å². The lowest BCUT2D eigenvalue weighted by atomic mass is 10.0. The zero-order chi connectivity index (χ0) is 23.7. The predicted molar refractivity (Wildman–Crippen MR) is 124 cm³/mol. The average Bonchev–Trinajstić information content (AvgIpc) is 3.09. The second-order valence-electron chi connectivity index (χ2n) is 7.57. The van der Waals surface area contributed by atoms with Crippen molar-refractivity contribution in [2.75, 3.05) is 10.2 Å². The summed E-state index contributed by atoms with van der Waals surface area (Å²) in [6.07, 6.45) is 1.49. The first-order valence-corrected chi connectivity index (χ1v) is 10.6. The molecule has 8 heteroatoms. The monoisotopic (exact) mass is 443 g/mol. The van der Waals surface area contributed by atoms with Crippen LogP contribution in [-0.2, 0) is 12.8 Å². The van der Waals surface area contributed by atoms with Crippen molar-refractivity contribution in [2.45, 2.75) is 26.7 Å². The number of carbonyl (C=O) groups is 3. The summed E-state index contributed by atoms with van der Waals surface area (Å²) >= 11 is 0. The second-order valence-corrected chi connectivity index (χ2v) is 7.57. The van der Waals surface area contributed by atoms with E-state index < -0.39 is 22.4 Å². The van der Waals surface area contributed by atoms with E-state index in [1.807, 2.05) is 32.0 Å². The van der Waals surface area contributed by atoms with Gasteiger partial charge in [0, 0.05) is 17.3 Å². The number of benzene rings is 3. The van der Waals surface area contributed by atoms with Gasteiger partial charge in [-0.3, -0.25) is 24.5 Å². The Morgan fingerprint density at radius 3 is 2.21 bits per heavy atom. The molecule has 0 bridgehead atoms. The van der Waals surface area contributed by atoms with Crippen molar-refractivity contribution in [2.24, 2.45) is 0 Å². The van der Waals surface area contributed by atoms with Crippen molar-refractivity contribution in [3.63, 3.8) is 0 Å². The van der Waals surface area contributed by atoms with Gasteiger partial charge < -0.3 is 5.32 Å². The van der Waals surface area contributed by atoms with Crippen LogP contribution >= 0.6 is 0 Å². The maximum atomic E-state index is 13.1. The number of rotatable bonds is 6. The normalized spacial score (nSPS) is 12.6. The minimum atomic E-state index is -0.788. The summed E-state index contributed by atoms with van der Waals surface area (Å²) < 4.78 is 0. The van der Waals surface area contributed by atoms with Crippen molar-refractivity contribution in [1.82, 2.24) is 0 Å². The summed E-state index contributed by atoms with van der Waals surface area (Å²) in [5.41, 5.74) is 2.49. The molecule has 3 amide bonds. The third kappa shape index (κ3) is 3.76. The number of nitrogens with zero attached hydrogens (tertiary/aromatic N) is 2. The molecule has 4 rings (SSSR count). The molecular weight excluding hydrogens is 422 g/mol. The maximum Gasteiger partial charge on any atom is 0.283 e. The highest BCUT2D eigenvalue weighted by Crippen LogP contribution is 2.34. The molecule has 0 fully saturated rings. The van der Waals surface area contributed by atoms with Crippen molar-refractivity contribution in [3.8, 4) is 0 Å². The molecule has 0 unspecified atom stereocenters. The lowest BCUT2D eigenvalue weighted by Gasteiger charge is -2.17. The van der Waals surface area contributed by atoms with Crippen LogP contribution in [0.25, 0.3) is 0 Å². The number of para-hydroxylation sites is 1. The first kappa shape index (κ1) is 21.9. The highest BCUT2D eigenvalue weighted by atomic mass is 16.6. The summed E-state index contributed by atoms with van der Waals surface area (Å²) in [6.45, 7) is 4.01. The Balaban J connectivity index is 1.68. The number of imide groups is 1. The molecule has 0 saturated carbocycles. The summed E-state index contributed by atoms with van der Waals surface area (Å²) in [6, 6.07) is 15.9. The maximum absolute atomic E-state index is 13.1. The van der Waals surface area contributed by atoms with Gasteiger partial charge in [-0.2, -0.15) is 0 Å². The topological polar surface area (TPSA) is 110 Å². The SMILES string of the molecule is CCc1cccc(CC)c1NC(=O)c1cccc(N2C(=O)c3cccc([N+](=O)[O-])c3C2=O)c1. The Hall–Kier alpha value is -4.33. The van der Waals surface area contributed by atoms with Gasteiger partial charge in [0.05, 0.1) is 16.2 Å². The Morgan fingerprint density at radius 2 is 1.58 bits per heavy atom.